The van der Waals surface area contributed by atoms with Gasteiger partial charge in [-0.15, -0.1) is 0 Å². The highest BCUT2D eigenvalue weighted by Crippen LogP contribution is 2.11. The molecule has 1 unspecified atom stereocenters. The third-order valence-corrected chi connectivity index (χ3v) is 1.53. The van der Waals surface area contributed by atoms with E-state index in [4.69, 9.17) is 10.4 Å². The lowest BCUT2D eigenvalue weighted by atomic mass is 10.2. The molecule has 0 fully saturated rings. The van der Waals surface area contributed by atoms with Crippen molar-refractivity contribution in [2.24, 2.45) is 0 Å². The standard InChI is InChI=1S/C9H11N3O/c1-7(13)5-12-9-2-3-11-6-8(9)4-10/h2-3,6-7,13H,5H2,1H3,(H,11,12). The van der Waals surface area contributed by atoms with Crippen LogP contribution in [0.25, 0.3) is 0 Å². The lowest BCUT2D eigenvalue weighted by Gasteiger charge is -2.08. The predicted molar refractivity (Wildman–Crippen MR) is 49.1 cm³/mol. The molecule has 68 valence electrons. The number of hydrogen-bond donors (Lipinski definition) is 2. The molecule has 0 saturated carbocycles. The molecule has 1 rings (SSSR count). The first-order valence-electron chi connectivity index (χ1n) is 4.00. The number of nitrogens with zero attached hydrogens (tertiary/aromatic N) is 2. The second-order valence-corrected chi connectivity index (χ2v) is 2.76. The van der Waals surface area contributed by atoms with Gasteiger partial charge in [0.2, 0.25) is 0 Å². The maximum Gasteiger partial charge on any atom is 0.103 e. The van der Waals surface area contributed by atoms with E-state index in [1.807, 2.05) is 6.07 Å². The molecule has 0 radical (unpaired) electrons. The van der Waals surface area contributed by atoms with E-state index in [1.165, 1.54) is 6.20 Å². The molecule has 0 spiro atoms. The van der Waals surface area contributed by atoms with E-state index in [2.05, 4.69) is 10.3 Å². The molecule has 1 heterocycles. The van der Waals surface area contributed by atoms with Crippen LogP contribution in [-0.4, -0.2) is 22.7 Å². The summed E-state index contributed by atoms with van der Waals surface area (Å²) in [5, 5.41) is 20.7. The number of rotatable bonds is 3. The number of hydrogen-bond acceptors (Lipinski definition) is 4. The Balaban J connectivity index is 2.71. The third kappa shape index (κ3) is 2.73. The Morgan fingerprint density at radius 1 is 1.77 bits per heavy atom. The van der Waals surface area contributed by atoms with Crippen molar-refractivity contribution in [2.75, 3.05) is 11.9 Å². The van der Waals surface area contributed by atoms with Crippen LogP contribution < -0.4 is 5.32 Å². The van der Waals surface area contributed by atoms with Gasteiger partial charge in [-0.3, -0.25) is 4.98 Å². The molecular formula is C9H11N3O. The van der Waals surface area contributed by atoms with Crippen molar-refractivity contribution in [3.63, 3.8) is 0 Å². The van der Waals surface area contributed by atoms with Crippen molar-refractivity contribution in [1.29, 1.82) is 5.26 Å². The first kappa shape index (κ1) is 9.49. The van der Waals surface area contributed by atoms with Gasteiger partial charge in [-0.05, 0) is 13.0 Å². The highest BCUT2D eigenvalue weighted by atomic mass is 16.3. The molecule has 1 aromatic rings. The first-order chi connectivity index (χ1) is 6.24. The molecule has 1 aromatic heterocycles. The number of nitrogens with one attached hydrogen (secondary N) is 1. The summed E-state index contributed by atoms with van der Waals surface area (Å²) in [6.45, 7) is 2.11. The first-order valence-corrected chi connectivity index (χ1v) is 4.00. The fourth-order valence-electron chi connectivity index (χ4n) is 0.895. The minimum atomic E-state index is -0.431. The Kier molecular flexibility index (Phi) is 3.23. The number of pyridine rings is 1. The Bertz CT molecular complexity index is 317. The van der Waals surface area contributed by atoms with Crippen LogP contribution in [0, 0.1) is 11.3 Å². The van der Waals surface area contributed by atoms with Gasteiger partial charge in [0.25, 0.3) is 0 Å². The Hall–Kier alpha value is -1.60. The number of aliphatic hydroxyl groups excluding tert-OH is 1. The third-order valence-electron chi connectivity index (χ3n) is 1.53. The van der Waals surface area contributed by atoms with Gasteiger partial charge in [0, 0.05) is 18.9 Å². The van der Waals surface area contributed by atoms with E-state index in [0.29, 0.717) is 17.8 Å². The summed E-state index contributed by atoms with van der Waals surface area (Å²) in [4.78, 5) is 3.82. The molecule has 0 bridgehead atoms. The fourth-order valence-corrected chi connectivity index (χ4v) is 0.895. The van der Waals surface area contributed by atoms with E-state index >= 15 is 0 Å². The van der Waals surface area contributed by atoms with Crippen molar-refractivity contribution in [2.45, 2.75) is 13.0 Å². The number of aromatic nitrogens is 1. The van der Waals surface area contributed by atoms with Crippen LogP contribution in [-0.2, 0) is 0 Å². The summed E-state index contributed by atoms with van der Waals surface area (Å²) >= 11 is 0. The van der Waals surface area contributed by atoms with Gasteiger partial charge in [0.05, 0.1) is 17.4 Å². The number of aliphatic hydroxyl groups is 1. The van der Waals surface area contributed by atoms with Crippen molar-refractivity contribution in [3.8, 4) is 6.07 Å². The molecule has 0 aliphatic heterocycles. The van der Waals surface area contributed by atoms with Crippen molar-refractivity contribution in [1.82, 2.24) is 4.98 Å². The Morgan fingerprint density at radius 3 is 3.15 bits per heavy atom. The SMILES string of the molecule is CC(O)CNc1ccncc1C#N. The highest BCUT2D eigenvalue weighted by Gasteiger charge is 2.01. The van der Waals surface area contributed by atoms with Gasteiger partial charge in [-0.25, -0.2) is 0 Å². The average Bonchev–Trinajstić information content (AvgIpc) is 2.15. The van der Waals surface area contributed by atoms with E-state index in [9.17, 15) is 0 Å². The molecule has 0 aliphatic rings. The molecule has 4 heteroatoms. The Morgan fingerprint density at radius 2 is 2.54 bits per heavy atom. The Labute approximate surface area is 76.8 Å². The molecule has 1 atom stereocenters. The van der Waals surface area contributed by atoms with E-state index < -0.39 is 6.10 Å². The van der Waals surface area contributed by atoms with Crippen LogP contribution in [0.15, 0.2) is 18.5 Å². The van der Waals surface area contributed by atoms with Crippen LogP contribution in [0.3, 0.4) is 0 Å². The molecule has 0 saturated heterocycles. The van der Waals surface area contributed by atoms with E-state index in [1.54, 1.807) is 19.2 Å². The average molecular weight is 177 g/mol. The summed E-state index contributed by atoms with van der Waals surface area (Å²) in [7, 11) is 0. The summed E-state index contributed by atoms with van der Waals surface area (Å²) in [5.41, 5.74) is 1.20. The maximum atomic E-state index is 9.02. The number of nitriles is 1. The minimum Gasteiger partial charge on any atom is -0.392 e. The topological polar surface area (TPSA) is 68.9 Å². The largest absolute Gasteiger partial charge is 0.392 e. The summed E-state index contributed by atoms with van der Waals surface area (Å²) in [5.74, 6) is 0. The molecule has 0 aromatic carbocycles. The van der Waals surface area contributed by atoms with Gasteiger partial charge in [-0.2, -0.15) is 5.26 Å². The molecule has 0 aliphatic carbocycles. The fraction of sp³-hybridized carbons (Fsp3) is 0.333. The molecular weight excluding hydrogens is 166 g/mol. The quantitative estimate of drug-likeness (QED) is 0.714. The zero-order chi connectivity index (χ0) is 9.68. The van der Waals surface area contributed by atoms with Crippen molar-refractivity contribution < 1.29 is 5.11 Å². The van der Waals surface area contributed by atoms with Crippen LogP contribution in [0.2, 0.25) is 0 Å². The van der Waals surface area contributed by atoms with Gasteiger partial charge >= 0.3 is 0 Å². The summed E-state index contributed by atoms with van der Waals surface area (Å²) < 4.78 is 0. The molecule has 13 heavy (non-hydrogen) atoms. The molecule has 0 amide bonds. The lowest BCUT2D eigenvalue weighted by Crippen LogP contribution is -2.15. The number of anilines is 1. The van der Waals surface area contributed by atoms with Gasteiger partial charge in [-0.1, -0.05) is 0 Å². The lowest BCUT2D eigenvalue weighted by molar-refractivity contribution is 0.208. The zero-order valence-electron chi connectivity index (χ0n) is 7.36. The smallest absolute Gasteiger partial charge is 0.103 e. The van der Waals surface area contributed by atoms with E-state index in [-0.39, 0.29) is 0 Å². The second-order valence-electron chi connectivity index (χ2n) is 2.76. The van der Waals surface area contributed by atoms with Gasteiger partial charge in [0.15, 0.2) is 0 Å². The minimum absolute atomic E-state index is 0.429. The maximum absolute atomic E-state index is 9.02. The van der Waals surface area contributed by atoms with E-state index in [0.717, 1.165) is 0 Å². The highest BCUT2D eigenvalue weighted by molar-refractivity contribution is 5.55. The molecule has 4 nitrogen and oxygen atoms in total. The zero-order valence-corrected chi connectivity index (χ0v) is 7.36. The van der Waals surface area contributed by atoms with Gasteiger partial charge < -0.3 is 10.4 Å². The van der Waals surface area contributed by atoms with Crippen LogP contribution in [0.1, 0.15) is 12.5 Å². The van der Waals surface area contributed by atoms with Crippen LogP contribution in [0.4, 0.5) is 5.69 Å². The van der Waals surface area contributed by atoms with Crippen LogP contribution >= 0.6 is 0 Å². The van der Waals surface area contributed by atoms with Crippen molar-refractivity contribution >= 4 is 5.69 Å². The second kappa shape index (κ2) is 4.43. The predicted octanol–water partition coefficient (Wildman–Crippen LogP) is 0.746. The monoisotopic (exact) mass is 177 g/mol. The normalized spacial score (nSPS) is 11.8. The van der Waals surface area contributed by atoms with Crippen LogP contribution in [0.5, 0.6) is 0 Å². The van der Waals surface area contributed by atoms with Gasteiger partial charge in [0.1, 0.15) is 6.07 Å². The summed E-state index contributed by atoms with van der Waals surface area (Å²) in [6, 6.07) is 3.72. The summed E-state index contributed by atoms with van der Waals surface area (Å²) in [6.07, 6.45) is 2.66. The van der Waals surface area contributed by atoms with Crippen molar-refractivity contribution in [3.05, 3.63) is 24.0 Å². The molecule has 2 N–H and O–H groups in total.